The van der Waals surface area contributed by atoms with Crippen LogP contribution in [0.5, 0.6) is 0 Å². The largest absolute Gasteiger partial charge is 0.480 e. The molecule has 1 atom stereocenters. The molecule has 0 aromatic carbocycles. The number of pyridine rings is 1. The molecular weight excluding hydrogens is 214 g/mol. The zero-order valence-electron chi connectivity index (χ0n) is 7.41. The van der Waals surface area contributed by atoms with E-state index in [1.54, 1.807) is 18.5 Å². The quantitative estimate of drug-likeness (QED) is 0.683. The standard InChI is InChI=1S/C9H5N3O2S/c13-9(14)6-1-4-2-10-8-5(3-11-12-8)7(4)15-6/h1-3,6H,(H,13,14). The first-order valence-electron chi connectivity index (χ1n) is 4.27. The van der Waals surface area contributed by atoms with E-state index < -0.39 is 11.2 Å². The third kappa shape index (κ3) is 1.18. The van der Waals surface area contributed by atoms with Crippen LogP contribution in [0.1, 0.15) is 5.56 Å². The number of aromatic nitrogens is 1. The SMILES string of the molecule is O=C(O)C1C=c2cnc3c(c2S1)C=NN=3. The van der Waals surface area contributed by atoms with Crippen molar-refractivity contribution < 1.29 is 9.90 Å². The fourth-order valence-corrected chi connectivity index (χ4v) is 2.65. The van der Waals surface area contributed by atoms with E-state index in [0.29, 0.717) is 5.49 Å². The van der Waals surface area contributed by atoms with Crippen LogP contribution < -0.4 is 10.7 Å². The molecular formula is C9H5N3O2S. The molecule has 5 nitrogen and oxygen atoms in total. The Kier molecular flexibility index (Phi) is 1.66. The lowest BCUT2D eigenvalue weighted by Gasteiger charge is -2.00. The highest BCUT2D eigenvalue weighted by molar-refractivity contribution is 8.01. The maximum Gasteiger partial charge on any atom is 0.320 e. The van der Waals surface area contributed by atoms with Crippen LogP contribution in [0.2, 0.25) is 0 Å². The Balaban J connectivity index is 2.21. The normalized spacial score (nSPS) is 20.4. The maximum absolute atomic E-state index is 10.8. The Morgan fingerprint density at radius 2 is 2.40 bits per heavy atom. The Hall–Kier alpha value is -1.69. The fourth-order valence-electron chi connectivity index (χ4n) is 1.55. The molecule has 0 saturated heterocycles. The van der Waals surface area contributed by atoms with Gasteiger partial charge in [-0.1, -0.05) is 6.08 Å². The van der Waals surface area contributed by atoms with E-state index in [-0.39, 0.29) is 0 Å². The summed E-state index contributed by atoms with van der Waals surface area (Å²) in [7, 11) is 0. The minimum Gasteiger partial charge on any atom is -0.480 e. The summed E-state index contributed by atoms with van der Waals surface area (Å²) in [5.74, 6) is -0.836. The average molecular weight is 219 g/mol. The van der Waals surface area contributed by atoms with Crippen LogP contribution in [0.25, 0.3) is 6.08 Å². The maximum atomic E-state index is 10.8. The predicted octanol–water partition coefficient (Wildman–Crippen LogP) is -0.612. The number of aliphatic carboxylic acids is 1. The minimum absolute atomic E-state index is 0.526. The van der Waals surface area contributed by atoms with Crippen molar-refractivity contribution in [2.75, 3.05) is 0 Å². The summed E-state index contributed by atoms with van der Waals surface area (Å²) < 4.78 is 0. The molecule has 6 heteroatoms. The van der Waals surface area contributed by atoms with Crippen molar-refractivity contribution in [1.29, 1.82) is 0 Å². The monoisotopic (exact) mass is 219 g/mol. The van der Waals surface area contributed by atoms with Gasteiger partial charge in [-0.2, -0.15) is 5.10 Å². The Morgan fingerprint density at radius 3 is 3.20 bits per heavy atom. The predicted molar refractivity (Wildman–Crippen MR) is 54.4 cm³/mol. The van der Waals surface area contributed by atoms with Crippen molar-refractivity contribution in [2.45, 2.75) is 10.1 Å². The van der Waals surface area contributed by atoms with E-state index >= 15 is 0 Å². The van der Waals surface area contributed by atoms with Gasteiger partial charge in [0.1, 0.15) is 5.25 Å². The molecule has 1 N–H and O–H groups in total. The lowest BCUT2D eigenvalue weighted by molar-refractivity contribution is -0.135. The first-order chi connectivity index (χ1) is 7.25. The number of fused-ring (bicyclic) bond motifs is 3. The van der Waals surface area contributed by atoms with Gasteiger partial charge < -0.3 is 5.11 Å². The summed E-state index contributed by atoms with van der Waals surface area (Å²) in [6.07, 6.45) is 4.95. The second-order valence-electron chi connectivity index (χ2n) is 3.17. The number of carboxylic acid groups (broad SMARTS) is 1. The second kappa shape index (κ2) is 2.90. The van der Waals surface area contributed by atoms with Gasteiger partial charge in [-0.05, 0) is 0 Å². The van der Waals surface area contributed by atoms with Crippen LogP contribution in [0.3, 0.4) is 0 Å². The van der Waals surface area contributed by atoms with Gasteiger partial charge in [-0.3, -0.25) is 4.79 Å². The molecule has 0 fully saturated rings. The topological polar surface area (TPSA) is 74.9 Å². The second-order valence-corrected chi connectivity index (χ2v) is 4.32. The highest BCUT2D eigenvalue weighted by Crippen LogP contribution is 2.27. The Bertz CT molecular complexity index is 609. The van der Waals surface area contributed by atoms with Crippen molar-refractivity contribution in [2.24, 2.45) is 10.2 Å². The van der Waals surface area contributed by atoms with E-state index in [0.717, 1.165) is 15.7 Å². The summed E-state index contributed by atoms with van der Waals surface area (Å²) in [6, 6.07) is 0. The van der Waals surface area contributed by atoms with Crippen molar-refractivity contribution in [1.82, 2.24) is 4.98 Å². The third-order valence-electron chi connectivity index (χ3n) is 2.23. The van der Waals surface area contributed by atoms with Gasteiger partial charge in [0, 0.05) is 16.3 Å². The summed E-state index contributed by atoms with van der Waals surface area (Å²) in [6.45, 7) is 0. The average Bonchev–Trinajstić information content (AvgIpc) is 2.82. The molecule has 0 bridgehead atoms. The van der Waals surface area contributed by atoms with E-state index in [1.165, 1.54) is 11.8 Å². The highest BCUT2D eigenvalue weighted by Gasteiger charge is 2.25. The van der Waals surface area contributed by atoms with Gasteiger partial charge >= 0.3 is 5.97 Å². The van der Waals surface area contributed by atoms with Crippen LogP contribution >= 0.6 is 11.8 Å². The zero-order valence-corrected chi connectivity index (χ0v) is 8.23. The van der Waals surface area contributed by atoms with Crippen molar-refractivity contribution in [3.05, 3.63) is 22.5 Å². The van der Waals surface area contributed by atoms with Crippen LogP contribution in [-0.2, 0) is 4.79 Å². The summed E-state index contributed by atoms with van der Waals surface area (Å²) in [4.78, 5) is 15.9. The van der Waals surface area contributed by atoms with E-state index in [2.05, 4.69) is 15.2 Å². The number of hydrogen-bond acceptors (Lipinski definition) is 5. The van der Waals surface area contributed by atoms with E-state index in [9.17, 15) is 4.79 Å². The molecule has 0 radical (unpaired) electrons. The van der Waals surface area contributed by atoms with Gasteiger partial charge in [0.15, 0.2) is 5.49 Å². The molecule has 2 aliphatic heterocycles. The molecule has 74 valence electrons. The fraction of sp³-hybridized carbons (Fsp3) is 0.111. The van der Waals surface area contributed by atoms with Crippen molar-refractivity contribution >= 4 is 30.0 Å². The molecule has 1 aromatic rings. The number of carbonyl (C=O) groups is 1. The molecule has 15 heavy (non-hydrogen) atoms. The van der Waals surface area contributed by atoms with E-state index in [1.807, 2.05) is 0 Å². The number of carboxylic acids is 1. The number of nitrogens with zero attached hydrogens (tertiary/aromatic N) is 3. The summed E-state index contributed by atoms with van der Waals surface area (Å²) in [5, 5.41) is 16.8. The van der Waals surface area contributed by atoms with Crippen LogP contribution in [0.15, 0.2) is 21.3 Å². The molecule has 0 saturated carbocycles. The van der Waals surface area contributed by atoms with Crippen molar-refractivity contribution in [3.63, 3.8) is 0 Å². The lowest BCUT2D eigenvalue weighted by Crippen LogP contribution is -2.18. The van der Waals surface area contributed by atoms with Crippen molar-refractivity contribution in [3.8, 4) is 0 Å². The Labute approximate surface area is 88.2 Å². The molecule has 0 amide bonds. The van der Waals surface area contributed by atoms with Gasteiger partial charge in [-0.25, -0.2) is 4.98 Å². The molecule has 0 spiro atoms. The van der Waals surface area contributed by atoms with Gasteiger partial charge in [0.05, 0.1) is 11.8 Å². The van der Waals surface area contributed by atoms with E-state index in [4.69, 9.17) is 5.11 Å². The molecule has 0 aliphatic carbocycles. The molecule has 3 heterocycles. The summed E-state index contributed by atoms with van der Waals surface area (Å²) in [5.41, 5.74) is 1.40. The Morgan fingerprint density at radius 1 is 1.53 bits per heavy atom. The van der Waals surface area contributed by atoms with Gasteiger partial charge in [0.2, 0.25) is 0 Å². The number of thioether (sulfide) groups is 1. The highest BCUT2D eigenvalue weighted by atomic mass is 32.2. The molecule has 1 unspecified atom stereocenters. The third-order valence-corrected chi connectivity index (χ3v) is 3.52. The van der Waals surface area contributed by atoms with Gasteiger partial charge in [0.25, 0.3) is 0 Å². The number of hydrogen-bond donors (Lipinski definition) is 1. The smallest absolute Gasteiger partial charge is 0.320 e. The minimum atomic E-state index is -0.836. The van der Waals surface area contributed by atoms with Crippen LogP contribution in [0, 0.1) is 0 Å². The lowest BCUT2D eigenvalue weighted by atomic mass is 10.2. The van der Waals surface area contributed by atoms with Crippen LogP contribution in [0.4, 0.5) is 0 Å². The van der Waals surface area contributed by atoms with Crippen LogP contribution in [-0.4, -0.2) is 27.5 Å². The molecule has 2 aliphatic rings. The first-order valence-corrected chi connectivity index (χ1v) is 5.15. The molecule has 1 aromatic heterocycles. The molecule has 3 rings (SSSR count). The summed E-state index contributed by atoms with van der Waals surface area (Å²) >= 11 is 1.30. The zero-order chi connectivity index (χ0) is 10.4. The number of rotatable bonds is 1. The van der Waals surface area contributed by atoms with Gasteiger partial charge in [-0.15, -0.1) is 16.9 Å². The first kappa shape index (κ1) is 8.60.